The Morgan fingerprint density at radius 3 is 2.56 bits per heavy atom. The molecule has 1 heterocycles. The first kappa shape index (κ1) is 17.2. The summed E-state index contributed by atoms with van der Waals surface area (Å²) in [5.74, 6) is -0.499. The lowest BCUT2D eigenvalue weighted by atomic mass is 10.1. The van der Waals surface area contributed by atoms with Gasteiger partial charge in [0.1, 0.15) is 5.82 Å². The van der Waals surface area contributed by atoms with Crippen molar-refractivity contribution in [2.24, 2.45) is 0 Å². The summed E-state index contributed by atoms with van der Waals surface area (Å²) in [6.07, 6.45) is 3.53. The van der Waals surface area contributed by atoms with Crippen LogP contribution in [0.25, 0.3) is 11.3 Å². The molecule has 0 aliphatic carbocycles. The third-order valence-electron chi connectivity index (χ3n) is 3.76. The van der Waals surface area contributed by atoms with Crippen LogP contribution in [0.1, 0.15) is 15.9 Å². The van der Waals surface area contributed by atoms with Gasteiger partial charge in [-0.2, -0.15) is 0 Å². The number of benzene rings is 2. The molecular formula is C20H17FN2OS. The third kappa shape index (κ3) is 4.45. The smallest absolute Gasteiger partial charge is 0.253 e. The molecule has 0 bridgehead atoms. The van der Waals surface area contributed by atoms with Crippen molar-refractivity contribution in [2.45, 2.75) is 11.4 Å². The highest BCUT2D eigenvalue weighted by molar-refractivity contribution is 7.98. The van der Waals surface area contributed by atoms with Crippen molar-refractivity contribution in [3.63, 3.8) is 0 Å². The Morgan fingerprint density at radius 1 is 1.12 bits per heavy atom. The number of rotatable bonds is 5. The van der Waals surface area contributed by atoms with Crippen LogP contribution >= 0.6 is 11.8 Å². The van der Waals surface area contributed by atoms with Gasteiger partial charge in [-0.05, 0) is 48.2 Å². The highest BCUT2D eigenvalue weighted by atomic mass is 32.2. The summed E-state index contributed by atoms with van der Waals surface area (Å²) in [6.45, 7) is 0.457. The lowest BCUT2D eigenvalue weighted by molar-refractivity contribution is 0.0950. The Kier molecular flexibility index (Phi) is 5.46. The van der Waals surface area contributed by atoms with E-state index in [0.717, 1.165) is 5.56 Å². The molecule has 0 fully saturated rings. The predicted octanol–water partition coefficient (Wildman–Crippen LogP) is 4.54. The van der Waals surface area contributed by atoms with Crippen molar-refractivity contribution in [1.82, 2.24) is 10.3 Å². The minimum Gasteiger partial charge on any atom is -0.348 e. The van der Waals surface area contributed by atoms with Crippen molar-refractivity contribution in [3.8, 4) is 11.3 Å². The van der Waals surface area contributed by atoms with E-state index in [0.29, 0.717) is 23.4 Å². The Bertz CT molecular complexity index is 864. The van der Waals surface area contributed by atoms with Crippen LogP contribution in [0, 0.1) is 5.82 Å². The predicted molar refractivity (Wildman–Crippen MR) is 99.0 cm³/mol. The summed E-state index contributed by atoms with van der Waals surface area (Å²) >= 11 is 1.68. The fourth-order valence-corrected chi connectivity index (χ4v) is 2.78. The number of nitrogens with zero attached hydrogens (tertiary/aromatic N) is 1. The molecule has 126 valence electrons. The van der Waals surface area contributed by atoms with E-state index in [2.05, 4.69) is 10.3 Å². The van der Waals surface area contributed by atoms with Crippen molar-refractivity contribution in [1.29, 1.82) is 0 Å². The average molecular weight is 352 g/mol. The van der Waals surface area contributed by atoms with Crippen molar-refractivity contribution >= 4 is 17.7 Å². The minimum absolute atomic E-state index is 0.188. The Morgan fingerprint density at radius 2 is 1.92 bits per heavy atom. The maximum atomic E-state index is 13.3. The van der Waals surface area contributed by atoms with Crippen LogP contribution in [0.2, 0.25) is 0 Å². The average Bonchev–Trinajstić information content (AvgIpc) is 2.66. The fourth-order valence-electron chi connectivity index (χ4n) is 2.37. The van der Waals surface area contributed by atoms with Gasteiger partial charge in [-0.1, -0.05) is 24.3 Å². The summed E-state index contributed by atoms with van der Waals surface area (Å²) in [6, 6.07) is 17.7. The lowest BCUT2D eigenvalue weighted by Gasteiger charge is -2.07. The van der Waals surface area contributed by atoms with E-state index in [1.165, 1.54) is 23.2 Å². The standard InChI is InChI=1S/C20H17FN2OS/c1-25-18-8-5-14(6-9-18)12-23-20(24)16-7-10-19(22-13-16)15-3-2-4-17(21)11-15/h2-11,13H,12H2,1H3,(H,23,24). The zero-order valence-electron chi connectivity index (χ0n) is 13.7. The van der Waals surface area contributed by atoms with Crippen LogP contribution in [0.3, 0.4) is 0 Å². The van der Waals surface area contributed by atoms with Gasteiger partial charge < -0.3 is 5.32 Å². The number of nitrogens with one attached hydrogen (secondary N) is 1. The summed E-state index contributed by atoms with van der Waals surface area (Å²) in [5.41, 5.74) is 2.82. The third-order valence-corrected chi connectivity index (χ3v) is 4.50. The van der Waals surface area contributed by atoms with Gasteiger partial charge in [-0.15, -0.1) is 11.8 Å². The molecule has 2 aromatic carbocycles. The maximum absolute atomic E-state index is 13.3. The quantitative estimate of drug-likeness (QED) is 0.686. The maximum Gasteiger partial charge on any atom is 0.253 e. The van der Waals surface area contributed by atoms with E-state index in [-0.39, 0.29) is 11.7 Å². The van der Waals surface area contributed by atoms with Gasteiger partial charge in [-0.25, -0.2) is 4.39 Å². The van der Waals surface area contributed by atoms with E-state index in [9.17, 15) is 9.18 Å². The van der Waals surface area contributed by atoms with E-state index >= 15 is 0 Å². The van der Waals surface area contributed by atoms with Gasteiger partial charge in [0.2, 0.25) is 0 Å². The van der Waals surface area contributed by atoms with Crippen LogP contribution in [0.4, 0.5) is 4.39 Å². The SMILES string of the molecule is CSc1ccc(CNC(=O)c2ccc(-c3cccc(F)c3)nc2)cc1. The van der Waals surface area contributed by atoms with Crippen molar-refractivity contribution in [2.75, 3.05) is 6.26 Å². The van der Waals surface area contributed by atoms with Gasteiger partial charge in [0.05, 0.1) is 11.3 Å². The van der Waals surface area contributed by atoms with E-state index in [1.807, 2.05) is 30.5 Å². The van der Waals surface area contributed by atoms with Crippen LogP contribution in [-0.2, 0) is 6.54 Å². The van der Waals surface area contributed by atoms with E-state index < -0.39 is 0 Å². The number of amides is 1. The molecule has 5 heteroatoms. The molecule has 0 radical (unpaired) electrons. The Labute approximate surface area is 150 Å². The van der Waals surface area contributed by atoms with Crippen molar-refractivity contribution in [3.05, 3.63) is 83.8 Å². The molecule has 1 amide bonds. The highest BCUT2D eigenvalue weighted by Gasteiger charge is 2.07. The number of hydrogen-bond donors (Lipinski definition) is 1. The number of halogens is 1. The molecule has 0 unspecified atom stereocenters. The first-order valence-electron chi connectivity index (χ1n) is 7.79. The second-order valence-corrected chi connectivity index (χ2v) is 6.35. The van der Waals surface area contributed by atoms with Crippen LogP contribution in [0.15, 0.2) is 71.8 Å². The summed E-state index contributed by atoms with van der Waals surface area (Å²) in [4.78, 5) is 17.7. The molecule has 3 aromatic rings. The Balaban J connectivity index is 1.64. The largest absolute Gasteiger partial charge is 0.348 e. The molecular weight excluding hydrogens is 335 g/mol. The molecule has 0 aliphatic rings. The second-order valence-electron chi connectivity index (χ2n) is 5.47. The van der Waals surface area contributed by atoms with Gasteiger partial charge in [0, 0.05) is 23.2 Å². The molecule has 0 saturated carbocycles. The zero-order chi connectivity index (χ0) is 17.6. The van der Waals surface area contributed by atoms with Crippen LogP contribution < -0.4 is 5.32 Å². The van der Waals surface area contributed by atoms with Crippen LogP contribution in [0.5, 0.6) is 0 Å². The fraction of sp³-hybridized carbons (Fsp3) is 0.100. The second kappa shape index (κ2) is 7.94. The Hall–Kier alpha value is -2.66. The molecule has 0 aliphatic heterocycles. The monoisotopic (exact) mass is 352 g/mol. The van der Waals surface area contributed by atoms with Crippen LogP contribution in [-0.4, -0.2) is 17.1 Å². The molecule has 0 atom stereocenters. The normalized spacial score (nSPS) is 10.5. The number of hydrogen-bond acceptors (Lipinski definition) is 3. The first-order valence-corrected chi connectivity index (χ1v) is 9.01. The molecule has 3 rings (SSSR count). The van der Waals surface area contributed by atoms with E-state index in [1.54, 1.807) is 36.0 Å². The molecule has 0 saturated heterocycles. The van der Waals surface area contributed by atoms with Gasteiger partial charge in [0.15, 0.2) is 0 Å². The summed E-state index contributed by atoms with van der Waals surface area (Å²) in [5, 5.41) is 2.88. The molecule has 3 nitrogen and oxygen atoms in total. The topological polar surface area (TPSA) is 42.0 Å². The van der Waals surface area contributed by atoms with Gasteiger partial charge in [-0.3, -0.25) is 9.78 Å². The summed E-state index contributed by atoms with van der Waals surface area (Å²) < 4.78 is 13.3. The first-order chi connectivity index (χ1) is 12.2. The highest BCUT2D eigenvalue weighted by Crippen LogP contribution is 2.18. The van der Waals surface area contributed by atoms with Gasteiger partial charge in [0.25, 0.3) is 5.91 Å². The van der Waals surface area contributed by atoms with Crippen molar-refractivity contribution < 1.29 is 9.18 Å². The number of aromatic nitrogens is 1. The lowest BCUT2D eigenvalue weighted by Crippen LogP contribution is -2.22. The number of thioether (sulfide) groups is 1. The van der Waals surface area contributed by atoms with E-state index in [4.69, 9.17) is 0 Å². The zero-order valence-corrected chi connectivity index (χ0v) is 14.5. The van der Waals surface area contributed by atoms with Gasteiger partial charge >= 0.3 is 0 Å². The molecule has 25 heavy (non-hydrogen) atoms. The molecule has 1 N–H and O–H groups in total. The minimum atomic E-state index is -0.311. The molecule has 1 aromatic heterocycles. The number of carbonyl (C=O) groups is 1. The number of pyridine rings is 1. The number of carbonyl (C=O) groups excluding carboxylic acids is 1. The summed E-state index contributed by atoms with van der Waals surface area (Å²) in [7, 11) is 0. The molecule has 0 spiro atoms.